The molecule has 0 bridgehead atoms. The molecule has 1 aromatic carbocycles. The van der Waals surface area contributed by atoms with Crippen LogP contribution >= 0.6 is 11.8 Å². The van der Waals surface area contributed by atoms with Crippen molar-refractivity contribution in [3.05, 3.63) is 59.0 Å². The van der Waals surface area contributed by atoms with E-state index in [1.807, 2.05) is 22.9 Å². The number of rotatable bonds is 4. The number of benzene rings is 1. The molecular formula is C15H14N2O2S. The average Bonchev–Trinajstić information content (AvgIpc) is 2.94. The quantitative estimate of drug-likeness (QED) is 0.690. The normalized spacial score (nSPS) is 11.1. The average molecular weight is 286 g/mol. The van der Waals surface area contributed by atoms with E-state index in [4.69, 9.17) is 4.42 Å². The third-order valence-corrected chi connectivity index (χ3v) is 4.13. The molecule has 2 heterocycles. The van der Waals surface area contributed by atoms with Gasteiger partial charge in [0.2, 0.25) is 5.43 Å². The van der Waals surface area contributed by atoms with Crippen molar-refractivity contribution in [3.8, 4) is 0 Å². The highest BCUT2D eigenvalue weighted by molar-refractivity contribution is 7.98. The van der Waals surface area contributed by atoms with Crippen LogP contribution < -0.4 is 5.43 Å². The van der Waals surface area contributed by atoms with Crippen LogP contribution in [0.25, 0.3) is 11.0 Å². The maximum atomic E-state index is 12.3. The summed E-state index contributed by atoms with van der Waals surface area (Å²) in [6, 6.07) is 7.30. The monoisotopic (exact) mass is 286 g/mol. The van der Waals surface area contributed by atoms with Gasteiger partial charge in [-0.25, -0.2) is 4.98 Å². The van der Waals surface area contributed by atoms with Gasteiger partial charge in [0.15, 0.2) is 0 Å². The SMILES string of the molecule is CCc1nccn1CSc1coc2ccccc2c1=O. The molecule has 0 saturated heterocycles. The Balaban J connectivity index is 1.88. The number of hydrogen-bond donors (Lipinski definition) is 0. The van der Waals surface area contributed by atoms with E-state index in [1.165, 1.54) is 18.0 Å². The molecule has 2 aromatic heterocycles. The van der Waals surface area contributed by atoms with Crippen LogP contribution in [0.2, 0.25) is 0 Å². The van der Waals surface area contributed by atoms with Crippen molar-refractivity contribution in [1.82, 2.24) is 9.55 Å². The number of hydrogen-bond acceptors (Lipinski definition) is 4. The fraction of sp³-hybridized carbons (Fsp3) is 0.200. The predicted octanol–water partition coefficient (Wildman–Crippen LogP) is 3.30. The van der Waals surface area contributed by atoms with Crippen molar-refractivity contribution in [2.45, 2.75) is 24.1 Å². The lowest BCUT2D eigenvalue weighted by molar-refractivity contribution is 0.587. The van der Waals surface area contributed by atoms with Gasteiger partial charge in [-0.1, -0.05) is 30.8 Å². The van der Waals surface area contributed by atoms with Crippen molar-refractivity contribution in [1.29, 1.82) is 0 Å². The Hall–Kier alpha value is -2.01. The fourth-order valence-corrected chi connectivity index (χ4v) is 2.94. The lowest BCUT2D eigenvalue weighted by atomic mass is 10.2. The first kappa shape index (κ1) is 13.0. The van der Waals surface area contributed by atoms with Crippen molar-refractivity contribution < 1.29 is 4.42 Å². The fourth-order valence-electron chi connectivity index (χ4n) is 2.07. The Morgan fingerprint density at radius 2 is 2.20 bits per heavy atom. The number of thioether (sulfide) groups is 1. The summed E-state index contributed by atoms with van der Waals surface area (Å²) in [6.07, 6.45) is 6.12. The molecule has 0 aliphatic heterocycles. The molecule has 0 unspecified atom stereocenters. The zero-order chi connectivity index (χ0) is 13.9. The van der Waals surface area contributed by atoms with E-state index in [2.05, 4.69) is 11.9 Å². The molecule has 0 fully saturated rings. The Morgan fingerprint density at radius 1 is 1.35 bits per heavy atom. The topological polar surface area (TPSA) is 48.0 Å². The zero-order valence-corrected chi connectivity index (χ0v) is 11.9. The summed E-state index contributed by atoms with van der Waals surface area (Å²) in [5, 5.41) is 0.624. The Bertz CT molecular complexity index is 792. The number of imidazole rings is 1. The zero-order valence-electron chi connectivity index (χ0n) is 11.1. The van der Waals surface area contributed by atoms with Crippen molar-refractivity contribution in [3.63, 3.8) is 0 Å². The minimum atomic E-state index is 0.0232. The number of nitrogens with zero attached hydrogens (tertiary/aromatic N) is 2. The van der Waals surface area contributed by atoms with Crippen molar-refractivity contribution in [2.75, 3.05) is 0 Å². The van der Waals surface area contributed by atoms with Gasteiger partial charge in [-0.15, -0.1) is 0 Å². The van der Waals surface area contributed by atoms with Gasteiger partial charge in [-0.05, 0) is 12.1 Å². The highest BCUT2D eigenvalue weighted by Gasteiger charge is 2.08. The summed E-state index contributed by atoms with van der Waals surface area (Å²) in [5.74, 6) is 1.68. The van der Waals surface area contributed by atoms with E-state index in [1.54, 1.807) is 18.3 Å². The molecule has 0 N–H and O–H groups in total. The maximum absolute atomic E-state index is 12.3. The molecule has 0 radical (unpaired) electrons. The van der Waals surface area contributed by atoms with E-state index in [0.717, 1.165) is 12.2 Å². The maximum Gasteiger partial charge on any atom is 0.206 e. The molecule has 0 amide bonds. The molecule has 3 rings (SSSR count). The number of para-hydroxylation sites is 1. The Morgan fingerprint density at radius 3 is 3.05 bits per heavy atom. The molecule has 0 aliphatic rings. The molecule has 3 aromatic rings. The summed E-state index contributed by atoms with van der Waals surface area (Å²) in [5.41, 5.74) is 0.647. The highest BCUT2D eigenvalue weighted by atomic mass is 32.2. The predicted molar refractivity (Wildman–Crippen MR) is 79.9 cm³/mol. The third kappa shape index (κ3) is 2.36. The molecular weight excluding hydrogens is 272 g/mol. The van der Waals surface area contributed by atoms with Crippen LogP contribution in [0.3, 0.4) is 0 Å². The minimum absolute atomic E-state index is 0.0232. The molecule has 102 valence electrons. The summed E-state index contributed by atoms with van der Waals surface area (Å²) >= 11 is 1.47. The van der Waals surface area contributed by atoms with Crippen LogP contribution in [0, 0.1) is 0 Å². The van der Waals surface area contributed by atoms with E-state index in [0.29, 0.717) is 21.7 Å². The summed E-state index contributed by atoms with van der Waals surface area (Å²) in [4.78, 5) is 17.2. The van der Waals surface area contributed by atoms with Crippen molar-refractivity contribution in [2.24, 2.45) is 0 Å². The first-order chi connectivity index (χ1) is 9.79. The van der Waals surface area contributed by atoms with Crippen LogP contribution in [-0.4, -0.2) is 9.55 Å². The molecule has 4 nitrogen and oxygen atoms in total. The lowest BCUT2D eigenvalue weighted by Crippen LogP contribution is -2.06. The van der Waals surface area contributed by atoms with Gasteiger partial charge in [0, 0.05) is 18.8 Å². The molecule has 0 saturated carbocycles. The third-order valence-electron chi connectivity index (χ3n) is 3.13. The van der Waals surface area contributed by atoms with E-state index in [-0.39, 0.29) is 5.43 Å². The first-order valence-electron chi connectivity index (χ1n) is 6.43. The Kier molecular flexibility index (Phi) is 3.60. The van der Waals surface area contributed by atoms with Gasteiger partial charge in [0.1, 0.15) is 17.7 Å². The van der Waals surface area contributed by atoms with Gasteiger partial charge in [0.25, 0.3) is 0 Å². The van der Waals surface area contributed by atoms with Gasteiger partial charge < -0.3 is 8.98 Å². The standard InChI is InChI=1S/C15H14N2O2S/c1-2-14-16-7-8-17(14)10-20-13-9-19-12-6-4-3-5-11(12)15(13)18/h3-9H,2,10H2,1H3. The van der Waals surface area contributed by atoms with Gasteiger partial charge >= 0.3 is 0 Å². The summed E-state index contributed by atoms with van der Waals surface area (Å²) < 4.78 is 7.55. The number of aromatic nitrogens is 2. The minimum Gasteiger partial charge on any atom is -0.463 e. The number of aryl methyl sites for hydroxylation is 1. The van der Waals surface area contributed by atoms with E-state index < -0.39 is 0 Å². The summed E-state index contributed by atoms with van der Waals surface area (Å²) in [7, 11) is 0. The van der Waals surface area contributed by atoms with Crippen LogP contribution in [0.5, 0.6) is 0 Å². The second-order valence-corrected chi connectivity index (χ2v) is 5.35. The molecule has 0 atom stereocenters. The Labute approximate surface area is 120 Å². The van der Waals surface area contributed by atoms with Crippen LogP contribution in [0.15, 0.2) is 57.0 Å². The smallest absolute Gasteiger partial charge is 0.206 e. The van der Waals surface area contributed by atoms with Crippen molar-refractivity contribution >= 4 is 22.7 Å². The molecule has 0 aliphatic carbocycles. The highest BCUT2D eigenvalue weighted by Crippen LogP contribution is 2.20. The van der Waals surface area contributed by atoms with Crippen LogP contribution in [0.4, 0.5) is 0 Å². The van der Waals surface area contributed by atoms with E-state index >= 15 is 0 Å². The summed E-state index contributed by atoms with van der Waals surface area (Å²) in [6.45, 7) is 2.06. The van der Waals surface area contributed by atoms with Gasteiger partial charge in [0.05, 0.1) is 16.2 Å². The molecule has 0 spiro atoms. The van der Waals surface area contributed by atoms with Gasteiger partial charge in [-0.3, -0.25) is 4.79 Å². The second kappa shape index (κ2) is 5.54. The largest absolute Gasteiger partial charge is 0.463 e. The number of fused-ring (bicyclic) bond motifs is 1. The van der Waals surface area contributed by atoms with E-state index in [9.17, 15) is 4.79 Å². The molecule has 20 heavy (non-hydrogen) atoms. The lowest BCUT2D eigenvalue weighted by Gasteiger charge is -2.06. The van der Waals surface area contributed by atoms with Crippen LogP contribution in [0.1, 0.15) is 12.7 Å². The second-order valence-electron chi connectivity index (χ2n) is 4.37. The van der Waals surface area contributed by atoms with Gasteiger partial charge in [-0.2, -0.15) is 0 Å². The first-order valence-corrected chi connectivity index (χ1v) is 7.41. The van der Waals surface area contributed by atoms with Crippen LogP contribution in [-0.2, 0) is 12.3 Å². The molecule has 5 heteroatoms.